The molecule has 22 heavy (non-hydrogen) atoms. The van der Waals surface area contributed by atoms with Crippen molar-refractivity contribution in [1.29, 1.82) is 0 Å². The molecule has 1 amide bonds. The minimum absolute atomic E-state index is 0.270. The van der Waals surface area contributed by atoms with Gasteiger partial charge in [0.2, 0.25) is 11.1 Å². The number of tetrazole rings is 1. The van der Waals surface area contributed by atoms with E-state index in [1.807, 2.05) is 4.68 Å². The Kier molecular flexibility index (Phi) is 4.07. The van der Waals surface area contributed by atoms with Crippen molar-refractivity contribution in [3.63, 3.8) is 0 Å². The smallest absolute Gasteiger partial charge is 0.233 e. The van der Waals surface area contributed by atoms with Crippen molar-refractivity contribution in [3.8, 4) is 0 Å². The summed E-state index contributed by atoms with van der Waals surface area (Å²) in [6.45, 7) is 0.939. The number of amides is 1. The molecule has 0 spiro atoms. The van der Waals surface area contributed by atoms with Crippen molar-refractivity contribution in [2.45, 2.75) is 68.6 Å². The summed E-state index contributed by atoms with van der Waals surface area (Å²) >= 11 is 1.50. The number of thioether (sulfide) groups is 1. The lowest BCUT2D eigenvalue weighted by Crippen LogP contribution is -2.50. The molecule has 6 nitrogen and oxygen atoms in total. The summed E-state index contributed by atoms with van der Waals surface area (Å²) < 4.78 is 1.89. The van der Waals surface area contributed by atoms with Gasteiger partial charge < -0.3 is 4.90 Å². The second-order valence-corrected chi connectivity index (χ2v) is 7.71. The average Bonchev–Trinajstić information content (AvgIpc) is 3.30. The van der Waals surface area contributed by atoms with Crippen molar-refractivity contribution in [2.75, 3.05) is 12.3 Å². The standard InChI is InChI=1S/C15H23N5OS/c21-14(10-22-15-16-17-18-20(15)12-7-8-12)19-9-3-5-11-4-1-2-6-13(11)19/h11-13H,1-10H2. The van der Waals surface area contributed by atoms with Gasteiger partial charge in [0.05, 0.1) is 11.8 Å². The molecule has 0 N–H and O–H groups in total. The van der Waals surface area contributed by atoms with Crippen LogP contribution in [-0.4, -0.2) is 49.4 Å². The fraction of sp³-hybridized carbons (Fsp3) is 0.867. The van der Waals surface area contributed by atoms with Crippen LogP contribution in [-0.2, 0) is 4.79 Å². The van der Waals surface area contributed by atoms with E-state index in [2.05, 4.69) is 20.4 Å². The van der Waals surface area contributed by atoms with Crippen LogP contribution in [0.4, 0.5) is 0 Å². The lowest BCUT2D eigenvalue weighted by Gasteiger charge is -2.44. The molecule has 1 aliphatic heterocycles. The third-order valence-corrected chi connectivity index (χ3v) is 6.16. The third-order valence-electron chi connectivity index (χ3n) is 5.24. The van der Waals surface area contributed by atoms with Crippen LogP contribution in [0.5, 0.6) is 0 Å². The van der Waals surface area contributed by atoms with Gasteiger partial charge >= 0.3 is 0 Å². The van der Waals surface area contributed by atoms with Crippen molar-refractivity contribution >= 4 is 17.7 Å². The predicted octanol–water partition coefficient (Wildman–Crippen LogP) is 2.28. The van der Waals surface area contributed by atoms with Gasteiger partial charge in [-0.2, -0.15) is 0 Å². The molecule has 0 bridgehead atoms. The molecule has 2 heterocycles. The Hall–Kier alpha value is -1.11. The van der Waals surface area contributed by atoms with Crippen LogP contribution in [0.15, 0.2) is 5.16 Å². The molecule has 2 saturated carbocycles. The Labute approximate surface area is 135 Å². The van der Waals surface area contributed by atoms with E-state index in [0.717, 1.165) is 36.9 Å². The molecule has 2 aliphatic carbocycles. The van der Waals surface area contributed by atoms with Crippen LogP contribution < -0.4 is 0 Å². The van der Waals surface area contributed by atoms with Crippen LogP contribution in [0.1, 0.15) is 57.4 Å². The Bertz CT molecular complexity index is 542. The first-order valence-electron chi connectivity index (χ1n) is 8.53. The summed E-state index contributed by atoms with van der Waals surface area (Å²) in [5, 5.41) is 12.7. The van der Waals surface area contributed by atoms with E-state index in [9.17, 15) is 4.79 Å². The molecule has 0 aromatic carbocycles. The van der Waals surface area contributed by atoms with Gasteiger partial charge in [0, 0.05) is 12.6 Å². The lowest BCUT2D eigenvalue weighted by molar-refractivity contribution is -0.134. The van der Waals surface area contributed by atoms with Crippen LogP contribution in [0, 0.1) is 5.92 Å². The number of piperidine rings is 1. The summed E-state index contributed by atoms with van der Waals surface area (Å²) in [6, 6.07) is 0.959. The molecular weight excluding hydrogens is 298 g/mol. The first kappa shape index (κ1) is 14.5. The van der Waals surface area contributed by atoms with Gasteiger partial charge in [-0.1, -0.05) is 24.6 Å². The van der Waals surface area contributed by atoms with Gasteiger partial charge in [-0.3, -0.25) is 4.79 Å². The Morgan fingerprint density at radius 2 is 1.95 bits per heavy atom. The Morgan fingerprint density at radius 3 is 2.82 bits per heavy atom. The molecule has 2 unspecified atom stereocenters. The molecule has 120 valence electrons. The number of hydrogen-bond donors (Lipinski definition) is 0. The second-order valence-electron chi connectivity index (χ2n) is 6.77. The zero-order valence-electron chi connectivity index (χ0n) is 12.9. The minimum atomic E-state index is 0.270. The molecule has 4 rings (SSSR count). The zero-order valence-corrected chi connectivity index (χ0v) is 13.7. The van der Waals surface area contributed by atoms with Crippen molar-refractivity contribution in [3.05, 3.63) is 0 Å². The van der Waals surface area contributed by atoms with Gasteiger partial charge in [-0.15, -0.1) is 5.10 Å². The molecule has 7 heteroatoms. The highest BCUT2D eigenvalue weighted by Gasteiger charge is 2.36. The van der Waals surface area contributed by atoms with Crippen LogP contribution in [0.3, 0.4) is 0 Å². The number of carbonyl (C=O) groups excluding carboxylic acids is 1. The SMILES string of the molecule is O=C(CSc1nnnn1C1CC1)N1CCCC2CCCCC21. The van der Waals surface area contributed by atoms with E-state index >= 15 is 0 Å². The van der Waals surface area contributed by atoms with Crippen LogP contribution >= 0.6 is 11.8 Å². The number of aromatic nitrogens is 4. The van der Waals surface area contributed by atoms with E-state index in [1.54, 1.807) is 0 Å². The van der Waals surface area contributed by atoms with Gasteiger partial charge in [0.25, 0.3) is 0 Å². The first-order valence-corrected chi connectivity index (χ1v) is 9.51. The van der Waals surface area contributed by atoms with Crippen LogP contribution in [0.25, 0.3) is 0 Å². The normalized spacial score (nSPS) is 28.5. The molecule has 3 fully saturated rings. The third kappa shape index (κ3) is 2.87. The highest BCUT2D eigenvalue weighted by Crippen LogP contribution is 2.37. The van der Waals surface area contributed by atoms with Crippen LogP contribution in [0.2, 0.25) is 0 Å². The Balaban J connectivity index is 1.37. The topological polar surface area (TPSA) is 63.9 Å². The summed E-state index contributed by atoms with van der Waals surface area (Å²) in [4.78, 5) is 14.8. The zero-order chi connectivity index (χ0) is 14.9. The number of nitrogens with zero attached hydrogens (tertiary/aromatic N) is 5. The summed E-state index contributed by atoms with van der Waals surface area (Å²) in [5.41, 5.74) is 0. The highest BCUT2D eigenvalue weighted by molar-refractivity contribution is 7.99. The minimum Gasteiger partial charge on any atom is -0.339 e. The van der Waals surface area contributed by atoms with Crippen molar-refractivity contribution < 1.29 is 4.79 Å². The fourth-order valence-corrected chi connectivity index (χ4v) is 4.80. The van der Waals surface area contributed by atoms with E-state index in [-0.39, 0.29) is 5.91 Å². The molecule has 3 aliphatic rings. The maximum atomic E-state index is 12.7. The molecule has 1 aromatic rings. The maximum absolute atomic E-state index is 12.7. The van der Waals surface area contributed by atoms with E-state index in [4.69, 9.17) is 0 Å². The first-order chi connectivity index (χ1) is 10.8. The largest absolute Gasteiger partial charge is 0.339 e. The van der Waals surface area contributed by atoms with Crippen molar-refractivity contribution in [1.82, 2.24) is 25.1 Å². The number of fused-ring (bicyclic) bond motifs is 1. The molecule has 1 saturated heterocycles. The summed E-state index contributed by atoms with van der Waals surface area (Å²) in [7, 11) is 0. The maximum Gasteiger partial charge on any atom is 0.233 e. The summed E-state index contributed by atoms with van der Waals surface area (Å²) in [5.74, 6) is 1.48. The van der Waals surface area contributed by atoms with E-state index < -0.39 is 0 Å². The molecule has 0 radical (unpaired) electrons. The van der Waals surface area contributed by atoms with Crippen molar-refractivity contribution in [2.24, 2.45) is 5.92 Å². The molecular formula is C15H23N5OS. The summed E-state index contributed by atoms with van der Waals surface area (Å²) in [6.07, 6.45) is 9.90. The van der Waals surface area contributed by atoms with Gasteiger partial charge in [0.1, 0.15) is 0 Å². The fourth-order valence-electron chi connectivity index (χ4n) is 3.97. The highest BCUT2D eigenvalue weighted by atomic mass is 32.2. The monoisotopic (exact) mass is 321 g/mol. The Morgan fingerprint density at radius 1 is 1.14 bits per heavy atom. The average molecular weight is 321 g/mol. The van der Waals surface area contributed by atoms with Gasteiger partial charge in [0.15, 0.2) is 0 Å². The van der Waals surface area contributed by atoms with Gasteiger partial charge in [-0.05, 0) is 54.9 Å². The molecule has 2 atom stereocenters. The second kappa shape index (κ2) is 6.18. The number of likely N-dealkylation sites (tertiary alicyclic amines) is 1. The van der Waals surface area contributed by atoms with E-state index in [1.165, 1.54) is 43.9 Å². The quantitative estimate of drug-likeness (QED) is 0.796. The number of carbonyl (C=O) groups is 1. The number of hydrogen-bond acceptors (Lipinski definition) is 5. The number of rotatable bonds is 4. The van der Waals surface area contributed by atoms with E-state index in [0.29, 0.717) is 17.8 Å². The molecule has 1 aromatic heterocycles. The predicted molar refractivity (Wildman–Crippen MR) is 83.5 cm³/mol. The van der Waals surface area contributed by atoms with Gasteiger partial charge in [-0.25, -0.2) is 4.68 Å². The lowest BCUT2D eigenvalue weighted by atomic mass is 9.78.